The molecule has 25 heavy (non-hydrogen) atoms. The molecule has 0 unspecified atom stereocenters. The summed E-state index contributed by atoms with van der Waals surface area (Å²) in [7, 11) is 0. The summed E-state index contributed by atoms with van der Waals surface area (Å²) in [5.41, 5.74) is 0.708. The molecular weight excluding hydrogens is 447 g/mol. The van der Waals surface area contributed by atoms with Crippen molar-refractivity contribution in [3.8, 4) is 0 Å². The third-order valence-electron chi connectivity index (χ3n) is 4.58. The van der Waals surface area contributed by atoms with Gasteiger partial charge in [-0.1, -0.05) is 24.6 Å². The zero-order chi connectivity index (χ0) is 17.6. The average Bonchev–Trinajstić information content (AvgIpc) is 3.28. The number of rotatable bonds is 7. The van der Waals surface area contributed by atoms with E-state index in [2.05, 4.69) is 48.9 Å². The summed E-state index contributed by atoms with van der Waals surface area (Å²) in [5.74, 6) is 1.04. The number of benzene rings is 1. The quantitative estimate of drug-likeness (QED) is 0.377. The fraction of sp³-hybridized carbons (Fsp3) is 0.500. The number of amides is 1. The van der Waals surface area contributed by atoms with Crippen molar-refractivity contribution in [1.29, 1.82) is 0 Å². The summed E-state index contributed by atoms with van der Waals surface area (Å²) in [6.45, 7) is 0.650. The van der Waals surface area contributed by atoms with Crippen LogP contribution in [-0.2, 0) is 6.42 Å². The maximum Gasteiger partial charge on any atom is 0.251 e. The summed E-state index contributed by atoms with van der Waals surface area (Å²) in [4.78, 5) is 12.1. The highest BCUT2D eigenvalue weighted by Crippen LogP contribution is 2.33. The van der Waals surface area contributed by atoms with Gasteiger partial charge in [-0.05, 0) is 72.4 Å². The van der Waals surface area contributed by atoms with E-state index in [9.17, 15) is 4.79 Å². The minimum absolute atomic E-state index is 0.0153. The number of nitrogens with zero attached hydrogens (tertiary/aromatic N) is 3. The van der Waals surface area contributed by atoms with E-state index in [0.717, 1.165) is 27.4 Å². The predicted octanol–water partition coefficient (Wildman–Crippen LogP) is 4.08. The Morgan fingerprint density at radius 3 is 2.68 bits per heavy atom. The van der Waals surface area contributed by atoms with E-state index in [1.165, 1.54) is 25.7 Å². The van der Waals surface area contributed by atoms with Crippen LogP contribution < -0.4 is 5.32 Å². The molecule has 0 aliphatic heterocycles. The molecule has 1 aliphatic rings. The van der Waals surface area contributed by atoms with E-state index < -0.39 is 0 Å². The van der Waals surface area contributed by atoms with Crippen molar-refractivity contribution in [3.63, 3.8) is 0 Å². The molecule has 1 amide bonds. The van der Waals surface area contributed by atoms with Crippen LogP contribution in [0.5, 0.6) is 0 Å². The molecule has 5 nitrogen and oxygen atoms in total. The standard InChI is InChI=1S/C18H23IN4OS/c1-25-18-22-21-16(23(18)15-5-2-3-6-15)7-4-12-20-17(24)13-8-10-14(19)11-9-13/h8-11,15H,2-7,12H2,1H3,(H,20,24). The van der Waals surface area contributed by atoms with Crippen LogP contribution in [0.3, 0.4) is 0 Å². The number of aryl methyl sites for hydroxylation is 1. The Morgan fingerprint density at radius 2 is 2.00 bits per heavy atom. The topological polar surface area (TPSA) is 59.8 Å². The maximum absolute atomic E-state index is 12.1. The molecule has 0 atom stereocenters. The molecule has 1 aromatic carbocycles. The lowest BCUT2D eigenvalue weighted by Crippen LogP contribution is -2.25. The summed E-state index contributed by atoms with van der Waals surface area (Å²) in [5, 5.41) is 12.7. The number of halogens is 1. The molecular formula is C18H23IN4OS. The van der Waals surface area contributed by atoms with Gasteiger partial charge in [-0.25, -0.2) is 0 Å². The number of carbonyl (C=O) groups excluding carboxylic acids is 1. The van der Waals surface area contributed by atoms with E-state index in [-0.39, 0.29) is 5.91 Å². The Balaban J connectivity index is 1.53. The van der Waals surface area contributed by atoms with E-state index in [1.807, 2.05) is 24.3 Å². The Hall–Kier alpha value is -1.09. The van der Waals surface area contributed by atoms with Crippen LogP contribution in [0.25, 0.3) is 0 Å². The second-order valence-electron chi connectivity index (χ2n) is 6.28. The van der Waals surface area contributed by atoms with Gasteiger partial charge in [0.2, 0.25) is 0 Å². The Morgan fingerprint density at radius 1 is 1.28 bits per heavy atom. The van der Waals surface area contributed by atoms with Gasteiger partial charge in [0, 0.05) is 28.1 Å². The normalized spacial score (nSPS) is 14.8. The maximum atomic E-state index is 12.1. The highest BCUT2D eigenvalue weighted by molar-refractivity contribution is 14.1. The Bertz CT molecular complexity index is 710. The van der Waals surface area contributed by atoms with Gasteiger partial charge in [0.1, 0.15) is 5.82 Å². The number of hydrogen-bond donors (Lipinski definition) is 1. The van der Waals surface area contributed by atoms with Crippen molar-refractivity contribution in [2.24, 2.45) is 0 Å². The highest BCUT2D eigenvalue weighted by atomic mass is 127. The van der Waals surface area contributed by atoms with Crippen LogP contribution in [0.2, 0.25) is 0 Å². The van der Waals surface area contributed by atoms with Gasteiger partial charge in [0.05, 0.1) is 0 Å². The van der Waals surface area contributed by atoms with Crippen LogP contribution in [0, 0.1) is 3.57 Å². The smallest absolute Gasteiger partial charge is 0.251 e. The SMILES string of the molecule is CSc1nnc(CCCNC(=O)c2ccc(I)cc2)n1C1CCCC1. The lowest BCUT2D eigenvalue weighted by molar-refractivity contribution is 0.0953. The molecule has 1 fully saturated rings. The Kier molecular flexibility index (Phi) is 6.75. The molecule has 1 N–H and O–H groups in total. The van der Waals surface area contributed by atoms with Crippen molar-refractivity contribution >= 4 is 40.3 Å². The average molecular weight is 470 g/mol. The number of hydrogen-bond acceptors (Lipinski definition) is 4. The monoisotopic (exact) mass is 470 g/mol. The number of carbonyl (C=O) groups is 1. The van der Waals surface area contributed by atoms with Gasteiger partial charge in [-0.3, -0.25) is 4.79 Å². The second-order valence-corrected chi connectivity index (χ2v) is 8.30. The van der Waals surface area contributed by atoms with Gasteiger partial charge in [0.25, 0.3) is 5.91 Å². The van der Waals surface area contributed by atoms with Crippen LogP contribution in [0.4, 0.5) is 0 Å². The fourth-order valence-electron chi connectivity index (χ4n) is 3.30. The van der Waals surface area contributed by atoms with E-state index in [1.54, 1.807) is 11.8 Å². The summed E-state index contributed by atoms with van der Waals surface area (Å²) < 4.78 is 3.46. The second kappa shape index (κ2) is 9.02. The van der Waals surface area contributed by atoms with Crippen molar-refractivity contribution in [2.75, 3.05) is 12.8 Å². The first kappa shape index (κ1) is 18.7. The van der Waals surface area contributed by atoms with Crippen molar-refractivity contribution in [3.05, 3.63) is 39.2 Å². The highest BCUT2D eigenvalue weighted by Gasteiger charge is 2.23. The molecule has 0 saturated heterocycles. The van der Waals surface area contributed by atoms with Crippen LogP contribution >= 0.6 is 34.4 Å². The largest absolute Gasteiger partial charge is 0.352 e. The van der Waals surface area contributed by atoms with E-state index in [4.69, 9.17) is 0 Å². The van der Waals surface area contributed by atoms with Crippen molar-refractivity contribution in [2.45, 2.75) is 49.7 Å². The molecule has 1 heterocycles. The van der Waals surface area contributed by atoms with Crippen molar-refractivity contribution < 1.29 is 4.79 Å². The molecule has 7 heteroatoms. The molecule has 2 aromatic rings. The van der Waals surface area contributed by atoms with Crippen LogP contribution in [0.15, 0.2) is 29.4 Å². The molecule has 3 rings (SSSR count). The fourth-order valence-corrected chi connectivity index (χ4v) is 4.23. The van der Waals surface area contributed by atoms with Gasteiger partial charge in [0.15, 0.2) is 5.16 Å². The van der Waals surface area contributed by atoms with Crippen molar-refractivity contribution in [1.82, 2.24) is 20.1 Å². The van der Waals surface area contributed by atoms with Gasteiger partial charge >= 0.3 is 0 Å². The summed E-state index contributed by atoms with van der Waals surface area (Å²) >= 11 is 3.90. The molecule has 134 valence electrons. The lowest BCUT2D eigenvalue weighted by Gasteiger charge is -2.16. The Labute approximate surface area is 166 Å². The van der Waals surface area contributed by atoms with Gasteiger partial charge < -0.3 is 9.88 Å². The van der Waals surface area contributed by atoms with Crippen LogP contribution in [0.1, 0.15) is 54.3 Å². The molecule has 0 bridgehead atoms. The zero-order valence-electron chi connectivity index (χ0n) is 14.4. The number of aromatic nitrogens is 3. The molecule has 0 radical (unpaired) electrons. The number of nitrogens with one attached hydrogen (secondary N) is 1. The summed E-state index contributed by atoms with van der Waals surface area (Å²) in [6.07, 6.45) is 8.81. The first-order valence-corrected chi connectivity index (χ1v) is 11.0. The predicted molar refractivity (Wildman–Crippen MR) is 109 cm³/mol. The molecule has 1 aliphatic carbocycles. The molecule has 1 aromatic heterocycles. The lowest BCUT2D eigenvalue weighted by atomic mass is 10.2. The third-order valence-corrected chi connectivity index (χ3v) is 5.94. The minimum Gasteiger partial charge on any atom is -0.352 e. The number of thioether (sulfide) groups is 1. The van der Waals surface area contributed by atoms with Gasteiger partial charge in [-0.15, -0.1) is 10.2 Å². The van der Waals surface area contributed by atoms with Crippen LogP contribution in [-0.4, -0.2) is 33.5 Å². The van der Waals surface area contributed by atoms with E-state index >= 15 is 0 Å². The molecule has 1 saturated carbocycles. The third kappa shape index (κ3) is 4.75. The first-order chi connectivity index (χ1) is 12.2. The zero-order valence-corrected chi connectivity index (χ0v) is 17.3. The van der Waals surface area contributed by atoms with Gasteiger partial charge in [-0.2, -0.15) is 0 Å². The summed E-state index contributed by atoms with van der Waals surface area (Å²) in [6, 6.07) is 8.17. The van der Waals surface area contributed by atoms with E-state index in [0.29, 0.717) is 18.2 Å². The minimum atomic E-state index is -0.0153. The first-order valence-electron chi connectivity index (χ1n) is 8.70. The molecule has 0 spiro atoms.